The lowest BCUT2D eigenvalue weighted by molar-refractivity contribution is -0.274. The van der Waals surface area contributed by atoms with Crippen LogP contribution in [0.3, 0.4) is 0 Å². The van der Waals surface area contributed by atoms with E-state index in [-0.39, 0.29) is 28.4 Å². The quantitative estimate of drug-likeness (QED) is 0.605. The third kappa shape index (κ3) is 3.07. The van der Waals surface area contributed by atoms with Crippen LogP contribution in [-0.2, 0) is 0 Å². The van der Waals surface area contributed by atoms with E-state index in [4.69, 9.17) is 5.73 Å². The first-order valence-corrected chi connectivity index (χ1v) is 9.37. The Morgan fingerprint density at radius 1 is 1.27 bits per heavy atom. The van der Waals surface area contributed by atoms with Gasteiger partial charge in [-0.25, -0.2) is 4.98 Å². The van der Waals surface area contributed by atoms with Crippen molar-refractivity contribution < 1.29 is 22.7 Å². The van der Waals surface area contributed by atoms with Crippen molar-refractivity contribution in [2.24, 2.45) is 5.73 Å². The number of fused-ring (bicyclic) bond motifs is 1. The molecule has 6 rings (SSSR count). The Morgan fingerprint density at radius 2 is 2.00 bits per heavy atom. The van der Waals surface area contributed by atoms with Gasteiger partial charge in [0.25, 0.3) is 5.91 Å². The zero-order valence-electron chi connectivity index (χ0n) is 15.9. The molecule has 0 radical (unpaired) electrons. The van der Waals surface area contributed by atoms with Crippen LogP contribution >= 0.6 is 0 Å². The summed E-state index contributed by atoms with van der Waals surface area (Å²) in [5.41, 5.74) is 8.13. The number of hydrogen-bond donors (Lipinski definition) is 3. The number of H-pyrrole nitrogens is 1. The summed E-state index contributed by atoms with van der Waals surface area (Å²) in [5.74, 6) is -0.625. The first kappa shape index (κ1) is 18.9. The molecule has 2 bridgehead atoms. The van der Waals surface area contributed by atoms with E-state index >= 15 is 0 Å². The SMILES string of the molecule is Cc1c(-c2cncc(C(=O)NC34CC(N)(C3)C4)n2)[nH]c2ccc(OC(F)(F)F)cc12. The number of carbonyl (C=O) groups excluding carboxylic acids is 1. The highest BCUT2D eigenvalue weighted by Crippen LogP contribution is 2.58. The Hall–Kier alpha value is -3.14. The molecule has 4 N–H and O–H groups in total. The lowest BCUT2D eigenvalue weighted by atomic mass is 9.44. The standard InChI is InChI=1S/C20H18F3N5O2/c1-10-12-4-11(30-20(21,22)23)2-3-13(12)27-16(10)14-5-25-6-15(26-14)17(29)28-19-7-18(24,8-19)9-19/h2-6,27H,7-9,24H2,1H3,(H,28,29). The number of nitrogens with two attached hydrogens (primary N) is 1. The molecule has 2 heterocycles. The fourth-order valence-electron chi connectivity index (χ4n) is 4.66. The number of halogens is 3. The molecule has 10 heteroatoms. The number of nitrogens with zero attached hydrogens (tertiary/aromatic N) is 2. The van der Waals surface area contributed by atoms with Crippen molar-refractivity contribution in [3.63, 3.8) is 0 Å². The Bertz CT molecular complexity index is 1170. The molecule has 0 saturated heterocycles. The van der Waals surface area contributed by atoms with Crippen molar-refractivity contribution in [1.29, 1.82) is 0 Å². The number of carbonyl (C=O) groups is 1. The smallest absolute Gasteiger partial charge is 0.406 e. The molecule has 0 aliphatic heterocycles. The number of ether oxygens (including phenoxy) is 1. The van der Waals surface area contributed by atoms with Gasteiger partial charge >= 0.3 is 6.36 Å². The van der Waals surface area contributed by atoms with Gasteiger partial charge in [-0.3, -0.25) is 9.78 Å². The van der Waals surface area contributed by atoms with E-state index in [0.717, 1.165) is 19.3 Å². The van der Waals surface area contributed by atoms with Crippen molar-refractivity contribution in [2.75, 3.05) is 0 Å². The number of aromatic nitrogens is 3. The molecule has 3 aliphatic carbocycles. The number of hydrogen-bond acceptors (Lipinski definition) is 5. The van der Waals surface area contributed by atoms with Crippen molar-refractivity contribution in [1.82, 2.24) is 20.3 Å². The molecule has 2 aromatic heterocycles. The maximum absolute atomic E-state index is 12.6. The number of aromatic amines is 1. The van der Waals surface area contributed by atoms with E-state index in [1.807, 2.05) is 0 Å². The van der Waals surface area contributed by atoms with E-state index in [2.05, 4.69) is 25.0 Å². The topological polar surface area (TPSA) is 106 Å². The Balaban J connectivity index is 1.43. The molecule has 1 amide bonds. The van der Waals surface area contributed by atoms with Gasteiger partial charge in [-0.15, -0.1) is 13.2 Å². The lowest BCUT2D eigenvalue weighted by Gasteiger charge is -2.68. The molecule has 0 atom stereocenters. The van der Waals surface area contributed by atoms with Crippen LogP contribution in [0.4, 0.5) is 13.2 Å². The number of alkyl halides is 3. The summed E-state index contributed by atoms with van der Waals surface area (Å²) in [6.45, 7) is 1.75. The molecule has 30 heavy (non-hydrogen) atoms. The van der Waals surface area contributed by atoms with Crippen molar-refractivity contribution in [3.05, 3.63) is 41.9 Å². The molecule has 3 aliphatic rings. The predicted octanol–water partition coefficient (Wildman–Crippen LogP) is 3.20. The largest absolute Gasteiger partial charge is 0.573 e. The van der Waals surface area contributed by atoms with Crippen LogP contribution in [0.2, 0.25) is 0 Å². The maximum Gasteiger partial charge on any atom is 0.573 e. The molecule has 0 spiro atoms. The molecular weight excluding hydrogens is 399 g/mol. The van der Waals surface area contributed by atoms with Crippen molar-refractivity contribution in [2.45, 2.75) is 43.6 Å². The van der Waals surface area contributed by atoms with Crippen LogP contribution in [0, 0.1) is 6.92 Å². The fourth-order valence-corrected chi connectivity index (χ4v) is 4.66. The molecule has 3 saturated carbocycles. The van der Waals surface area contributed by atoms with Gasteiger partial charge in [-0.05, 0) is 49.9 Å². The van der Waals surface area contributed by atoms with Crippen LogP contribution < -0.4 is 15.8 Å². The normalized spacial score (nSPS) is 24.8. The summed E-state index contributed by atoms with van der Waals surface area (Å²) in [5, 5.41) is 3.56. The summed E-state index contributed by atoms with van der Waals surface area (Å²) in [4.78, 5) is 24.3. The highest BCUT2D eigenvalue weighted by molar-refractivity contribution is 5.94. The summed E-state index contributed by atoms with van der Waals surface area (Å²) < 4.78 is 41.5. The van der Waals surface area contributed by atoms with E-state index in [9.17, 15) is 18.0 Å². The molecule has 0 unspecified atom stereocenters. The lowest BCUT2D eigenvalue weighted by Crippen LogP contribution is -2.82. The van der Waals surface area contributed by atoms with Crippen LogP contribution in [0.1, 0.15) is 35.3 Å². The predicted molar refractivity (Wildman–Crippen MR) is 102 cm³/mol. The number of amides is 1. The first-order valence-electron chi connectivity index (χ1n) is 9.37. The van der Waals surface area contributed by atoms with E-state index in [1.54, 1.807) is 6.92 Å². The van der Waals surface area contributed by atoms with Gasteiger partial charge in [0.1, 0.15) is 17.1 Å². The number of benzene rings is 1. The van der Waals surface area contributed by atoms with Crippen LogP contribution in [0.25, 0.3) is 22.3 Å². The highest BCUT2D eigenvalue weighted by atomic mass is 19.4. The minimum absolute atomic E-state index is 0.128. The van der Waals surface area contributed by atoms with Gasteiger partial charge in [-0.2, -0.15) is 0 Å². The van der Waals surface area contributed by atoms with Gasteiger partial charge in [0.15, 0.2) is 0 Å². The molecule has 3 aromatic rings. The summed E-state index contributed by atoms with van der Waals surface area (Å²) >= 11 is 0. The monoisotopic (exact) mass is 417 g/mol. The van der Waals surface area contributed by atoms with Gasteiger partial charge in [-0.1, -0.05) is 0 Å². The number of nitrogens with one attached hydrogen (secondary N) is 2. The van der Waals surface area contributed by atoms with Crippen molar-refractivity contribution >= 4 is 16.8 Å². The number of rotatable bonds is 4. The third-order valence-corrected chi connectivity index (χ3v) is 5.84. The molecular formula is C20H18F3N5O2. The van der Waals surface area contributed by atoms with Gasteiger partial charge < -0.3 is 20.8 Å². The van der Waals surface area contributed by atoms with Crippen molar-refractivity contribution in [3.8, 4) is 17.1 Å². The second kappa shape index (κ2) is 5.94. The van der Waals surface area contributed by atoms with Crippen LogP contribution in [-0.4, -0.2) is 38.3 Å². The van der Waals surface area contributed by atoms with Gasteiger partial charge in [0.2, 0.25) is 0 Å². The maximum atomic E-state index is 12.6. The molecule has 7 nitrogen and oxygen atoms in total. The van der Waals surface area contributed by atoms with Crippen LogP contribution in [0.5, 0.6) is 5.75 Å². The second-order valence-corrected chi connectivity index (χ2v) is 8.30. The summed E-state index contributed by atoms with van der Waals surface area (Å²) in [6, 6.07) is 4.05. The molecule has 3 fully saturated rings. The average molecular weight is 417 g/mol. The Labute approximate surface area is 168 Å². The zero-order valence-corrected chi connectivity index (χ0v) is 15.9. The first-order chi connectivity index (χ1) is 14.0. The zero-order chi connectivity index (χ0) is 21.3. The van der Waals surface area contributed by atoms with Gasteiger partial charge in [0, 0.05) is 22.0 Å². The number of aryl methyl sites for hydroxylation is 1. The van der Waals surface area contributed by atoms with E-state index in [1.165, 1.54) is 30.6 Å². The van der Waals surface area contributed by atoms with Gasteiger partial charge in [0.05, 0.1) is 18.1 Å². The Morgan fingerprint density at radius 3 is 2.67 bits per heavy atom. The Kier molecular flexibility index (Phi) is 3.74. The molecule has 156 valence electrons. The minimum atomic E-state index is -4.77. The van der Waals surface area contributed by atoms with Crippen LogP contribution in [0.15, 0.2) is 30.6 Å². The second-order valence-electron chi connectivity index (χ2n) is 8.30. The highest BCUT2D eigenvalue weighted by Gasteiger charge is 2.66. The fraction of sp³-hybridized carbons (Fsp3) is 0.350. The van der Waals surface area contributed by atoms with E-state index in [0.29, 0.717) is 27.9 Å². The summed E-state index contributed by atoms with van der Waals surface area (Å²) in [7, 11) is 0. The van der Waals surface area contributed by atoms with E-state index < -0.39 is 6.36 Å². The third-order valence-electron chi connectivity index (χ3n) is 5.84. The minimum Gasteiger partial charge on any atom is -0.406 e. The molecule has 1 aromatic carbocycles. The average Bonchev–Trinajstić information content (AvgIpc) is 2.95. The summed E-state index contributed by atoms with van der Waals surface area (Å²) in [6.07, 6.45) is 0.415.